The molecule has 0 aromatic carbocycles. The summed E-state index contributed by atoms with van der Waals surface area (Å²) >= 11 is 2.08. The second-order valence-electron chi connectivity index (χ2n) is 3.12. The topological polar surface area (TPSA) is 12.0 Å². The smallest absolute Gasteiger partial charge is 0.0213 e. The van der Waals surface area contributed by atoms with Gasteiger partial charge in [-0.05, 0) is 38.1 Å². The van der Waals surface area contributed by atoms with Crippen molar-refractivity contribution in [1.82, 2.24) is 5.32 Å². The number of rotatable bonds is 1. The van der Waals surface area contributed by atoms with E-state index < -0.39 is 0 Å². The van der Waals surface area contributed by atoms with Crippen molar-refractivity contribution < 1.29 is 0 Å². The minimum absolute atomic E-state index is 0.741. The summed E-state index contributed by atoms with van der Waals surface area (Å²) in [6.07, 6.45) is 5.13. The van der Waals surface area contributed by atoms with Crippen LogP contribution in [0.1, 0.15) is 12.8 Å². The molecule has 0 aromatic heterocycles. The van der Waals surface area contributed by atoms with Gasteiger partial charge in [0.15, 0.2) is 0 Å². The summed E-state index contributed by atoms with van der Waals surface area (Å²) in [6.45, 7) is 2.53. The van der Waals surface area contributed by atoms with Crippen molar-refractivity contribution in [1.29, 1.82) is 0 Å². The molecule has 2 unspecified atom stereocenters. The second kappa shape index (κ2) is 1.89. The van der Waals surface area contributed by atoms with Crippen molar-refractivity contribution in [2.75, 3.05) is 19.3 Å². The number of piperidine rings is 1. The van der Waals surface area contributed by atoms with Gasteiger partial charge in [0.25, 0.3) is 0 Å². The van der Waals surface area contributed by atoms with E-state index in [1.165, 1.54) is 25.9 Å². The van der Waals surface area contributed by atoms with E-state index in [9.17, 15) is 0 Å². The van der Waals surface area contributed by atoms with Crippen molar-refractivity contribution in [2.24, 2.45) is 5.92 Å². The average Bonchev–Trinajstić information content (AvgIpc) is 2.62. The summed E-state index contributed by atoms with van der Waals surface area (Å²) in [4.78, 5) is 0. The molecule has 1 aliphatic heterocycles. The summed E-state index contributed by atoms with van der Waals surface area (Å²) in [5, 5.41) is 3.42. The summed E-state index contributed by atoms with van der Waals surface area (Å²) in [5.41, 5.74) is 0. The lowest BCUT2D eigenvalue weighted by Crippen LogP contribution is -2.30. The van der Waals surface area contributed by atoms with Gasteiger partial charge in [0.1, 0.15) is 0 Å². The SMILES string of the molecule is CSC12CCNCC1C2. The lowest BCUT2D eigenvalue weighted by atomic mass is 10.2. The molecule has 0 aromatic rings. The highest BCUT2D eigenvalue weighted by molar-refractivity contribution is 8.00. The van der Waals surface area contributed by atoms with E-state index in [1.54, 1.807) is 0 Å². The summed E-state index contributed by atoms with van der Waals surface area (Å²) < 4.78 is 0.741. The fourth-order valence-electron chi connectivity index (χ4n) is 1.85. The van der Waals surface area contributed by atoms with E-state index >= 15 is 0 Å². The molecule has 2 heteroatoms. The Kier molecular flexibility index (Phi) is 1.27. The van der Waals surface area contributed by atoms with Gasteiger partial charge in [-0.2, -0.15) is 11.8 Å². The Labute approximate surface area is 60.6 Å². The fourth-order valence-corrected chi connectivity index (χ4v) is 2.94. The number of fused-ring (bicyclic) bond motifs is 1. The maximum absolute atomic E-state index is 3.42. The Morgan fingerprint density at radius 1 is 1.67 bits per heavy atom. The Hall–Kier alpha value is 0.310. The third-order valence-electron chi connectivity index (χ3n) is 2.70. The minimum atomic E-state index is 0.741. The lowest BCUT2D eigenvalue weighted by molar-refractivity contribution is 0.520. The first-order chi connectivity index (χ1) is 4.37. The van der Waals surface area contributed by atoms with Gasteiger partial charge in [-0.25, -0.2) is 0 Å². The zero-order chi connectivity index (χ0) is 6.32. The quantitative estimate of drug-likeness (QED) is 0.590. The zero-order valence-corrected chi connectivity index (χ0v) is 6.63. The fraction of sp³-hybridized carbons (Fsp3) is 1.00. The van der Waals surface area contributed by atoms with Crippen LogP contribution < -0.4 is 5.32 Å². The average molecular weight is 143 g/mol. The highest BCUT2D eigenvalue weighted by atomic mass is 32.2. The maximum Gasteiger partial charge on any atom is 0.0213 e. The first kappa shape index (κ1) is 6.05. The Balaban J connectivity index is 2.01. The van der Waals surface area contributed by atoms with Gasteiger partial charge in [0, 0.05) is 4.75 Å². The summed E-state index contributed by atoms with van der Waals surface area (Å²) in [7, 11) is 0. The monoisotopic (exact) mass is 143 g/mol. The predicted molar refractivity (Wildman–Crippen MR) is 41.8 cm³/mol. The van der Waals surface area contributed by atoms with Crippen LogP contribution in [0.4, 0.5) is 0 Å². The van der Waals surface area contributed by atoms with Crippen LogP contribution in [0.3, 0.4) is 0 Å². The molecule has 0 bridgehead atoms. The molecule has 1 heterocycles. The predicted octanol–water partition coefficient (Wildman–Crippen LogP) is 1.10. The van der Waals surface area contributed by atoms with E-state index in [4.69, 9.17) is 0 Å². The zero-order valence-electron chi connectivity index (χ0n) is 5.81. The highest BCUT2D eigenvalue weighted by Gasteiger charge is 2.54. The minimum Gasteiger partial charge on any atom is -0.316 e. The first-order valence-electron chi connectivity index (χ1n) is 3.63. The largest absolute Gasteiger partial charge is 0.316 e. The van der Waals surface area contributed by atoms with Gasteiger partial charge >= 0.3 is 0 Å². The molecule has 0 spiro atoms. The molecular weight excluding hydrogens is 130 g/mol. The van der Waals surface area contributed by atoms with Gasteiger partial charge in [-0.3, -0.25) is 0 Å². The lowest BCUT2D eigenvalue weighted by Gasteiger charge is -2.19. The molecular formula is C7H13NS. The van der Waals surface area contributed by atoms with E-state index in [0.717, 1.165) is 10.7 Å². The van der Waals surface area contributed by atoms with Crippen molar-refractivity contribution in [2.45, 2.75) is 17.6 Å². The molecule has 0 radical (unpaired) electrons. The number of thioether (sulfide) groups is 1. The number of hydrogen-bond donors (Lipinski definition) is 1. The molecule has 0 amide bonds. The van der Waals surface area contributed by atoms with Crippen molar-refractivity contribution in [3.63, 3.8) is 0 Å². The summed E-state index contributed by atoms with van der Waals surface area (Å²) in [5.74, 6) is 1.02. The second-order valence-corrected chi connectivity index (χ2v) is 4.35. The van der Waals surface area contributed by atoms with Crippen molar-refractivity contribution in [3.05, 3.63) is 0 Å². The molecule has 2 aliphatic rings. The maximum atomic E-state index is 3.42. The number of nitrogens with one attached hydrogen (secondary N) is 1. The molecule has 9 heavy (non-hydrogen) atoms. The van der Waals surface area contributed by atoms with Crippen LogP contribution in [-0.2, 0) is 0 Å². The van der Waals surface area contributed by atoms with Crippen molar-refractivity contribution >= 4 is 11.8 Å². The van der Waals surface area contributed by atoms with E-state index in [1.807, 2.05) is 0 Å². The summed E-state index contributed by atoms with van der Waals surface area (Å²) in [6, 6.07) is 0. The molecule has 1 nitrogen and oxygen atoms in total. The van der Waals surface area contributed by atoms with Crippen LogP contribution in [0.15, 0.2) is 0 Å². The first-order valence-corrected chi connectivity index (χ1v) is 4.86. The molecule has 1 saturated carbocycles. The van der Waals surface area contributed by atoms with Crippen LogP contribution in [0.2, 0.25) is 0 Å². The van der Waals surface area contributed by atoms with Gasteiger partial charge in [0.2, 0.25) is 0 Å². The Bertz CT molecular complexity index is 126. The van der Waals surface area contributed by atoms with Crippen molar-refractivity contribution in [3.8, 4) is 0 Å². The highest BCUT2D eigenvalue weighted by Crippen LogP contribution is 2.56. The van der Waals surface area contributed by atoms with E-state index in [-0.39, 0.29) is 0 Å². The van der Waals surface area contributed by atoms with Crippen LogP contribution in [0.25, 0.3) is 0 Å². The molecule has 1 saturated heterocycles. The third-order valence-corrected chi connectivity index (χ3v) is 4.22. The van der Waals surface area contributed by atoms with Crippen LogP contribution in [-0.4, -0.2) is 24.1 Å². The third kappa shape index (κ3) is 0.802. The van der Waals surface area contributed by atoms with Gasteiger partial charge in [0.05, 0.1) is 0 Å². The molecule has 1 aliphatic carbocycles. The van der Waals surface area contributed by atoms with Gasteiger partial charge < -0.3 is 5.32 Å². The number of hydrogen-bond acceptors (Lipinski definition) is 2. The normalized spacial score (nSPS) is 48.3. The Morgan fingerprint density at radius 2 is 2.56 bits per heavy atom. The molecule has 2 atom stereocenters. The standard InChI is InChI=1S/C7H13NS/c1-9-7-2-3-8-5-6(7)4-7/h6,8H,2-5H2,1H3. The van der Waals surface area contributed by atoms with E-state index in [2.05, 4.69) is 23.3 Å². The van der Waals surface area contributed by atoms with Crippen LogP contribution in [0.5, 0.6) is 0 Å². The van der Waals surface area contributed by atoms with Crippen LogP contribution in [0, 0.1) is 5.92 Å². The van der Waals surface area contributed by atoms with Gasteiger partial charge in [-0.15, -0.1) is 0 Å². The van der Waals surface area contributed by atoms with Gasteiger partial charge in [-0.1, -0.05) is 0 Å². The molecule has 1 N–H and O–H groups in total. The molecule has 2 fully saturated rings. The molecule has 2 rings (SSSR count). The molecule has 52 valence electrons. The Morgan fingerprint density at radius 3 is 3.11 bits per heavy atom. The van der Waals surface area contributed by atoms with E-state index in [0.29, 0.717) is 0 Å². The van der Waals surface area contributed by atoms with Crippen LogP contribution >= 0.6 is 11.8 Å².